The van der Waals surface area contributed by atoms with Crippen LogP contribution in [0.4, 0.5) is 23.0 Å². The number of nitro benzene ring substituents is 1. The largest absolute Gasteiger partial charge is 0.376 e. The van der Waals surface area contributed by atoms with Crippen LogP contribution < -0.4 is 14.9 Å². The zero-order valence-electron chi connectivity index (χ0n) is 32.2. The number of sulfonamides is 1. The van der Waals surface area contributed by atoms with Crippen molar-refractivity contribution in [3.8, 4) is 11.1 Å². The fraction of sp³-hybridized carbons (Fsp3) is 0.262. The molecule has 300 valence electrons. The summed E-state index contributed by atoms with van der Waals surface area (Å²) >= 11 is 7.79. The third-order valence-electron chi connectivity index (χ3n) is 9.93. The number of nitrogens with one attached hydrogen (secondary N) is 2. The van der Waals surface area contributed by atoms with Crippen LogP contribution in [0.15, 0.2) is 125 Å². The molecule has 7 rings (SSSR count). The Morgan fingerprint density at radius 2 is 1.66 bits per heavy atom. The van der Waals surface area contributed by atoms with Crippen LogP contribution in [-0.4, -0.2) is 96.7 Å². The SMILES string of the molecule is CN(C)CCC(CSc1ccccc1)Nc1ccc(S(=O)(=O)Nc2ncnc3nc(N4CCN(Cc5ccccc5-c5ccc(Cl)cc5)CC4)ccc23)cc1[N+](=O)[O-]. The highest BCUT2D eigenvalue weighted by molar-refractivity contribution is 7.99. The molecule has 58 heavy (non-hydrogen) atoms. The monoisotopic (exact) mass is 837 g/mol. The molecule has 1 atom stereocenters. The summed E-state index contributed by atoms with van der Waals surface area (Å²) in [5.41, 5.74) is 3.79. The highest BCUT2D eigenvalue weighted by atomic mass is 35.5. The molecule has 1 saturated heterocycles. The van der Waals surface area contributed by atoms with Crippen molar-refractivity contribution in [1.82, 2.24) is 24.8 Å². The summed E-state index contributed by atoms with van der Waals surface area (Å²) in [5, 5.41) is 16.7. The number of benzene rings is 4. The number of thioether (sulfide) groups is 1. The molecule has 1 fully saturated rings. The van der Waals surface area contributed by atoms with Gasteiger partial charge in [-0.05, 0) is 92.3 Å². The van der Waals surface area contributed by atoms with Gasteiger partial charge < -0.3 is 15.1 Å². The van der Waals surface area contributed by atoms with Gasteiger partial charge in [-0.1, -0.05) is 66.2 Å². The molecule has 0 aliphatic carbocycles. The molecule has 2 aromatic heterocycles. The van der Waals surface area contributed by atoms with Gasteiger partial charge in [0.2, 0.25) is 0 Å². The van der Waals surface area contributed by atoms with Crippen molar-refractivity contribution in [2.45, 2.75) is 28.8 Å². The molecule has 13 nitrogen and oxygen atoms in total. The molecular weight excluding hydrogens is 794 g/mol. The predicted molar refractivity (Wildman–Crippen MR) is 233 cm³/mol. The van der Waals surface area contributed by atoms with Crippen LogP contribution in [0.5, 0.6) is 0 Å². The van der Waals surface area contributed by atoms with Crippen molar-refractivity contribution in [1.29, 1.82) is 0 Å². The van der Waals surface area contributed by atoms with Crippen LogP contribution >= 0.6 is 23.4 Å². The average Bonchev–Trinajstić information content (AvgIpc) is 3.23. The lowest BCUT2D eigenvalue weighted by atomic mass is 9.99. The summed E-state index contributed by atoms with van der Waals surface area (Å²) in [7, 11) is -0.346. The Hall–Kier alpha value is -5.32. The molecule has 0 amide bonds. The van der Waals surface area contributed by atoms with Crippen LogP contribution in [-0.2, 0) is 16.6 Å². The van der Waals surface area contributed by atoms with Crippen LogP contribution in [0.25, 0.3) is 22.2 Å². The Labute approximate surface area is 347 Å². The van der Waals surface area contributed by atoms with E-state index in [4.69, 9.17) is 16.6 Å². The number of halogens is 1. The molecule has 16 heteroatoms. The minimum absolute atomic E-state index is 0.0276. The van der Waals surface area contributed by atoms with E-state index in [1.165, 1.54) is 29.6 Å². The standard InChI is InChI=1S/C42H44ClN9O4S2/c1-49(2)21-20-33(28-57-34-9-4-3-5-10-34)46-38-18-16-35(26-39(38)52(53)54)58(55,56)48-42-37-17-19-40(47-41(37)44-29-45-42)51-24-22-50(23-25-51)27-31-8-6-7-11-36(31)30-12-14-32(43)15-13-30/h3-19,26,29,33,46H,20-25,27-28H2,1-2H3,(H,44,45,47,48). The summed E-state index contributed by atoms with van der Waals surface area (Å²) in [6, 6.07) is 33.6. The van der Waals surface area contributed by atoms with Crippen LogP contribution in [0.1, 0.15) is 12.0 Å². The maximum absolute atomic E-state index is 13.7. The molecule has 0 spiro atoms. The zero-order chi connectivity index (χ0) is 40.6. The number of pyridine rings is 1. The number of fused-ring (bicyclic) bond motifs is 1. The van der Waals surface area contributed by atoms with Gasteiger partial charge in [0.25, 0.3) is 15.7 Å². The number of aromatic nitrogens is 3. The molecule has 3 heterocycles. The van der Waals surface area contributed by atoms with E-state index >= 15 is 0 Å². The van der Waals surface area contributed by atoms with Crippen molar-refractivity contribution in [2.75, 3.05) is 67.5 Å². The topological polar surface area (TPSA) is 150 Å². The Balaban J connectivity index is 1.02. The Bertz CT molecular complexity index is 2470. The van der Waals surface area contributed by atoms with E-state index in [0.717, 1.165) is 68.0 Å². The van der Waals surface area contributed by atoms with E-state index < -0.39 is 14.9 Å². The first kappa shape index (κ1) is 40.9. The van der Waals surface area contributed by atoms with Crippen molar-refractivity contribution in [2.24, 2.45) is 0 Å². The number of nitro groups is 1. The van der Waals surface area contributed by atoms with Crippen LogP contribution in [0.3, 0.4) is 0 Å². The highest BCUT2D eigenvalue weighted by Crippen LogP contribution is 2.32. The second-order valence-corrected chi connectivity index (χ2v) is 17.5. The highest BCUT2D eigenvalue weighted by Gasteiger charge is 2.25. The summed E-state index contributed by atoms with van der Waals surface area (Å²) < 4.78 is 30.0. The molecule has 2 N–H and O–H groups in total. The molecule has 6 aromatic rings. The normalized spacial score (nSPS) is 14.1. The molecule has 0 bridgehead atoms. The summed E-state index contributed by atoms with van der Waals surface area (Å²) in [6.45, 7) is 4.72. The van der Waals surface area contributed by atoms with Gasteiger partial charge in [0.05, 0.1) is 15.2 Å². The van der Waals surface area contributed by atoms with Gasteiger partial charge in [0.1, 0.15) is 17.8 Å². The fourth-order valence-electron chi connectivity index (χ4n) is 6.82. The minimum Gasteiger partial charge on any atom is -0.376 e. The van der Waals surface area contributed by atoms with Gasteiger partial charge in [0.15, 0.2) is 11.5 Å². The van der Waals surface area contributed by atoms with Gasteiger partial charge in [0, 0.05) is 60.5 Å². The Morgan fingerprint density at radius 1 is 0.914 bits per heavy atom. The second kappa shape index (κ2) is 18.5. The van der Waals surface area contributed by atoms with Gasteiger partial charge >= 0.3 is 0 Å². The molecule has 1 unspecified atom stereocenters. The number of hydrogen-bond acceptors (Lipinski definition) is 12. The lowest BCUT2D eigenvalue weighted by Gasteiger charge is -2.35. The van der Waals surface area contributed by atoms with Gasteiger partial charge in [-0.3, -0.25) is 19.7 Å². The lowest BCUT2D eigenvalue weighted by Crippen LogP contribution is -2.46. The van der Waals surface area contributed by atoms with Gasteiger partial charge in [-0.15, -0.1) is 11.8 Å². The fourth-order valence-corrected chi connectivity index (χ4v) is 8.99. The van der Waals surface area contributed by atoms with E-state index in [1.807, 2.05) is 74.8 Å². The number of hydrogen-bond donors (Lipinski definition) is 2. The molecule has 1 aliphatic heterocycles. The Morgan fingerprint density at radius 3 is 2.40 bits per heavy atom. The molecule has 4 aromatic carbocycles. The minimum atomic E-state index is -4.29. The predicted octanol–water partition coefficient (Wildman–Crippen LogP) is 7.90. The van der Waals surface area contributed by atoms with Gasteiger partial charge in [-0.25, -0.2) is 23.4 Å². The van der Waals surface area contributed by atoms with Crippen molar-refractivity contribution < 1.29 is 13.3 Å². The lowest BCUT2D eigenvalue weighted by molar-refractivity contribution is -0.384. The second-order valence-electron chi connectivity index (χ2n) is 14.3. The number of nitrogens with zero attached hydrogens (tertiary/aromatic N) is 7. The van der Waals surface area contributed by atoms with E-state index in [1.54, 1.807) is 17.8 Å². The van der Waals surface area contributed by atoms with Gasteiger partial charge in [-0.2, -0.15) is 0 Å². The molecular formula is C42H44ClN9O4S2. The first-order valence-electron chi connectivity index (χ1n) is 18.9. The maximum Gasteiger partial charge on any atom is 0.293 e. The third kappa shape index (κ3) is 10.2. The summed E-state index contributed by atoms with van der Waals surface area (Å²) in [5.74, 6) is 1.41. The van der Waals surface area contributed by atoms with E-state index in [0.29, 0.717) is 21.8 Å². The summed E-state index contributed by atoms with van der Waals surface area (Å²) in [6.07, 6.45) is 1.98. The third-order valence-corrected chi connectivity index (χ3v) is 12.7. The first-order valence-corrected chi connectivity index (χ1v) is 21.7. The van der Waals surface area contributed by atoms with E-state index in [2.05, 4.69) is 59.0 Å². The van der Waals surface area contributed by atoms with Crippen molar-refractivity contribution in [3.05, 3.63) is 136 Å². The van der Waals surface area contributed by atoms with E-state index in [-0.39, 0.29) is 28.1 Å². The van der Waals surface area contributed by atoms with E-state index in [9.17, 15) is 18.5 Å². The van der Waals surface area contributed by atoms with Crippen LogP contribution in [0, 0.1) is 10.1 Å². The van der Waals surface area contributed by atoms with Crippen molar-refractivity contribution in [3.63, 3.8) is 0 Å². The number of piperazine rings is 1. The molecule has 0 saturated carbocycles. The Kier molecular flexibility index (Phi) is 13.0. The maximum atomic E-state index is 13.7. The zero-order valence-corrected chi connectivity index (χ0v) is 34.6. The quantitative estimate of drug-likeness (QED) is 0.0555. The number of anilines is 3. The van der Waals surface area contributed by atoms with Crippen LogP contribution in [0.2, 0.25) is 5.02 Å². The molecule has 1 aliphatic rings. The first-order chi connectivity index (χ1) is 28.0. The van der Waals surface area contributed by atoms with Crippen molar-refractivity contribution >= 4 is 67.4 Å². The smallest absolute Gasteiger partial charge is 0.293 e. The molecule has 0 radical (unpaired) electrons. The average molecular weight is 838 g/mol. The summed E-state index contributed by atoms with van der Waals surface area (Å²) in [4.78, 5) is 32.6. The number of rotatable bonds is 16.